The van der Waals surface area contributed by atoms with E-state index < -0.39 is 0 Å². The number of ether oxygens (including phenoxy) is 1. The van der Waals surface area contributed by atoms with E-state index in [0.29, 0.717) is 6.54 Å². The van der Waals surface area contributed by atoms with Gasteiger partial charge in [-0.15, -0.1) is 0 Å². The molecule has 92 valence electrons. The highest BCUT2D eigenvalue weighted by molar-refractivity contribution is 5.79. The molecule has 1 aromatic rings. The summed E-state index contributed by atoms with van der Waals surface area (Å²) in [6.07, 6.45) is -0.00637. The molecule has 2 rings (SSSR count). The third-order valence-corrected chi connectivity index (χ3v) is 3.04. The van der Waals surface area contributed by atoms with Gasteiger partial charge in [-0.05, 0) is 26.3 Å². The number of hydrogen-bond acceptors (Lipinski definition) is 2. The standard InChI is InChI=1S/C14H19NO2/c1-14(2,3)15-9-12(17-10-13(15)16)11-7-5-4-6-8-11/h4-8,12H,9-10H2,1-3H3. The lowest BCUT2D eigenvalue weighted by Gasteiger charge is -2.41. The van der Waals surface area contributed by atoms with Crippen LogP contribution in [0, 0.1) is 0 Å². The van der Waals surface area contributed by atoms with E-state index in [4.69, 9.17) is 4.74 Å². The molecule has 0 N–H and O–H groups in total. The second-order valence-electron chi connectivity index (χ2n) is 5.39. The van der Waals surface area contributed by atoms with Crippen molar-refractivity contribution in [3.05, 3.63) is 35.9 Å². The molecule has 0 aromatic heterocycles. The Balaban J connectivity index is 2.16. The third kappa shape index (κ3) is 2.67. The Hall–Kier alpha value is -1.35. The van der Waals surface area contributed by atoms with Gasteiger partial charge in [0, 0.05) is 5.54 Å². The van der Waals surface area contributed by atoms with Crippen LogP contribution in [0.4, 0.5) is 0 Å². The van der Waals surface area contributed by atoms with E-state index in [1.165, 1.54) is 0 Å². The van der Waals surface area contributed by atoms with Crippen LogP contribution in [0.3, 0.4) is 0 Å². The van der Waals surface area contributed by atoms with Gasteiger partial charge in [-0.1, -0.05) is 30.3 Å². The van der Waals surface area contributed by atoms with Crippen LogP contribution in [0.1, 0.15) is 32.4 Å². The molecule has 0 aliphatic carbocycles. The average Bonchev–Trinajstić information content (AvgIpc) is 2.29. The first-order valence-electron chi connectivity index (χ1n) is 5.95. The normalized spacial score (nSPS) is 21.7. The molecule has 1 aromatic carbocycles. The summed E-state index contributed by atoms with van der Waals surface area (Å²) in [5.41, 5.74) is 0.989. The van der Waals surface area contributed by atoms with E-state index in [1.807, 2.05) is 35.2 Å². The summed E-state index contributed by atoms with van der Waals surface area (Å²) in [6.45, 7) is 6.97. The first kappa shape index (κ1) is 12.1. The van der Waals surface area contributed by atoms with Gasteiger partial charge >= 0.3 is 0 Å². The zero-order valence-corrected chi connectivity index (χ0v) is 10.6. The lowest BCUT2D eigenvalue weighted by Crippen LogP contribution is -2.52. The first-order valence-corrected chi connectivity index (χ1v) is 5.95. The molecule has 3 nitrogen and oxygen atoms in total. The zero-order chi connectivity index (χ0) is 12.5. The van der Waals surface area contributed by atoms with E-state index in [-0.39, 0.29) is 24.2 Å². The fraction of sp³-hybridized carbons (Fsp3) is 0.500. The van der Waals surface area contributed by atoms with Gasteiger partial charge in [0.15, 0.2) is 0 Å². The number of hydrogen-bond donors (Lipinski definition) is 0. The van der Waals surface area contributed by atoms with Gasteiger partial charge in [0.2, 0.25) is 5.91 Å². The summed E-state index contributed by atoms with van der Waals surface area (Å²) in [5, 5.41) is 0. The van der Waals surface area contributed by atoms with Crippen LogP contribution >= 0.6 is 0 Å². The van der Waals surface area contributed by atoms with Crippen molar-refractivity contribution in [2.45, 2.75) is 32.4 Å². The largest absolute Gasteiger partial charge is 0.362 e. The van der Waals surface area contributed by atoms with Crippen molar-refractivity contribution in [3.63, 3.8) is 0 Å². The lowest BCUT2D eigenvalue weighted by molar-refractivity contribution is -0.156. The molecule has 1 amide bonds. The fourth-order valence-corrected chi connectivity index (χ4v) is 2.09. The lowest BCUT2D eigenvalue weighted by atomic mass is 10.0. The number of carbonyl (C=O) groups excluding carboxylic acids is 1. The van der Waals surface area contributed by atoms with Gasteiger partial charge in [0.25, 0.3) is 0 Å². The Bertz CT molecular complexity index is 394. The van der Waals surface area contributed by atoms with Gasteiger partial charge in [0.1, 0.15) is 12.7 Å². The third-order valence-electron chi connectivity index (χ3n) is 3.04. The Morgan fingerprint density at radius 1 is 1.24 bits per heavy atom. The van der Waals surface area contributed by atoms with E-state index >= 15 is 0 Å². The van der Waals surface area contributed by atoms with Crippen molar-refractivity contribution in [2.75, 3.05) is 13.2 Å². The van der Waals surface area contributed by atoms with Crippen LogP contribution in [0.5, 0.6) is 0 Å². The first-order chi connectivity index (χ1) is 7.98. The number of nitrogens with zero attached hydrogens (tertiary/aromatic N) is 1. The minimum Gasteiger partial charge on any atom is -0.362 e. The summed E-state index contributed by atoms with van der Waals surface area (Å²) < 4.78 is 5.61. The SMILES string of the molecule is CC(C)(C)N1CC(c2ccccc2)OCC1=O. The van der Waals surface area contributed by atoms with Crippen LogP contribution in [0.15, 0.2) is 30.3 Å². The minimum absolute atomic E-state index is 0.00637. The highest BCUT2D eigenvalue weighted by Gasteiger charge is 2.33. The van der Waals surface area contributed by atoms with Gasteiger partial charge in [-0.2, -0.15) is 0 Å². The maximum absolute atomic E-state index is 11.8. The molecule has 1 fully saturated rings. The molecule has 1 atom stereocenters. The average molecular weight is 233 g/mol. The Morgan fingerprint density at radius 3 is 2.47 bits per heavy atom. The van der Waals surface area contributed by atoms with Crippen molar-refractivity contribution >= 4 is 5.91 Å². The smallest absolute Gasteiger partial charge is 0.249 e. The molecule has 17 heavy (non-hydrogen) atoms. The molecule has 1 heterocycles. The predicted molar refractivity (Wildman–Crippen MR) is 66.6 cm³/mol. The highest BCUT2D eigenvalue weighted by atomic mass is 16.5. The summed E-state index contributed by atoms with van der Waals surface area (Å²) in [4.78, 5) is 13.7. The molecule has 1 aliphatic rings. The quantitative estimate of drug-likeness (QED) is 0.745. The monoisotopic (exact) mass is 233 g/mol. The maximum atomic E-state index is 11.8. The Labute approximate surface area is 102 Å². The fourth-order valence-electron chi connectivity index (χ4n) is 2.09. The molecule has 0 saturated carbocycles. The molecule has 0 bridgehead atoms. The molecule has 1 unspecified atom stereocenters. The van der Waals surface area contributed by atoms with Crippen molar-refractivity contribution in [1.29, 1.82) is 0 Å². The number of benzene rings is 1. The number of rotatable bonds is 1. The van der Waals surface area contributed by atoms with Gasteiger partial charge in [-0.3, -0.25) is 4.79 Å². The van der Waals surface area contributed by atoms with Crippen LogP contribution in [0.25, 0.3) is 0 Å². The van der Waals surface area contributed by atoms with Crippen molar-refractivity contribution < 1.29 is 9.53 Å². The van der Waals surface area contributed by atoms with E-state index in [1.54, 1.807) is 0 Å². The Morgan fingerprint density at radius 2 is 1.88 bits per heavy atom. The molecule has 0 radical (unpaired) electrons. The Kier molecular flexibility index (Phi) is 3.20. The summed E-state index contributed by atoms with van der Waals surface area (Å²) in [5.74, 6) is 0.0738. The molecule has 1 saturated heterocycles. The van der Waals surface area contributed by atoms with Gasteiger partial charge in [-0.25, -0.2) is 0 Å². The topological polar surface area (TPSA) is 29.5 Å². The van der Waals surface area contributed by atoms with Gasteiger partial charge in [0.05, 0.1) is 6.54 Å². The minimum atomic E-state index is -0.145. The van der Waals surface area contributed by atoms with Crippen molar-refractivity contribution in [2.24, 2.45) is 0 Å². The van der Waals surface area contributed by atoms with Crippen LogP contribution < -0.4 is 0 Å². The molecule has 0 spiro atoms. The number of amides is 1. The number of carbonyl (C=O) groups is 1. The van der Waals surface area contributed by atoms with Crippen LogP contribution in [0.2, 0.25) is 0 Å². The van der Waals surface area contributed by atoms with E-state index in [2.05, 4.69) is 20.8 Å². The molecular weight excluding hydrogens is 214 g/mol. The maximum Gasteiger partial charge on any atom is 0.249 e. The van der Waals surface area contributed by atoms with Crippen LogP contribution in [-0.4, -0.2) is 29.5 Å². The second kappa shape index (κ2) is 4.49. The molecular formula is C14H19NO2. The van der Waals surface area contributed by atoms with Crippen molar-refractivity contribution in [3.8, 4) is 0 Å². The predicted octanol–water partition coefficient (Wildman–Crippen LogP) is 2.39. The summed E-state index contributed by atoms with van der Waals surface area (Å²) in [6, 6.07) is 10.1. The van der Waals surface area contributed by atoms with Crippen molar-refractivity contribution in [1.82, 2.24) is 4.90 Å². The highest BCUT2D eigenvalue weighted by Crippen LogP contribution is 2.26. The zero-order valence-electron chi connectivity index (χ0n) is 10.6. The summed E-state index contributed by atoms with van der Waals surface area (Å²) >= 11 is 0. The van der Waals surface area contributed by atoms with E-state index in [9.17, 15) is 4.79 Å². The van der Waals surface area contributed by atoms with E-state index in [0.717, 1.165) is 5.56 Å². The molecule has 3 heteroatoms. The summed E-state index contributed by atoms with van der Waals surface area (Å²) in [7, 11) is 0. The second-order valence-corrected chi connectivity index (χ2v) is 5.39. The van der Waals surface area contributed by atoms with Gasteiger partial charge < -0.3 is 9.64 Å². The van der Waals surface area contributed by atoms with Crippen LogP contribution in [-0.2, 0) is 9.53 Å². The number of morpholine rings is 1. The molecule has 1 aliphatic heterocycles.